The minimum absolute atomic E-state index is 0.791. The molecule has 0 saturated carbocycles. The molecular weight excluding hydrogens is 266 g/mol. The van der Waals surface area contributed by atoms with Crippen LogP contribution in [0.3, 0.4) is 0 Å². The van der Waals surface area contributed by atoms with Gasteiger partial charge in [0.25, 0.3) is 0 Å². The summed E-state index contributed by atoms with van der Waals surface area (Å²) in [6, 6.07) is 10.2. The molecule has 0 bridgehead atoms. The van der Waals surface area contributed by atoms with Crippen molar-refractivity contribution in [2.45, 2.75) is 20.4 Å². The highest BCUT2D eigenvalue weighted by Gasteiger charge is 2.03. The van der Waals surface area contributed by atoms with E-state index in [2.05, 4.69) is 33.4 Å². The quantitative estimate of drug-likeness (QED) is 0.908. The van der Waals surface area contributed by atoms with Crippen LogP contribution in [0.4, 0.5) is 5.69 Å². The summed E-state index contributed by atoms with van der Waals surface area (Å²) < 4.78 is 6.56. The zero-order chi connectivity index (χ0) is 11.5. The molecule has 1 heterocycles. The van der Waals surface area contributed by atoms with E-state index in [0.717, 1.165) is 28.2 Å². The number of hydrogen-bond acceptors (Lipinski definition) is 2. The van der Waals surface area contributed by atoms with Gasteiger partial charge in [0.05, 0.1) is 0 Å². The van der Waals surface area contributed by atoms with Crippen LogP contribution in [0.15, 0.2) is 39.2 Å². The monoisotopic (exact) mass is 279 g/mol. The lowest BCUT2D eigenvalue weighted by Crippen LogP contribution is -1.99. The standard InChI is InChI=1S/C13H14BrNO/c1-9-6-11(10(2)16-9)8-15-13-5-3-4-12(14)7-13/h3-7,15H,8H2,1-2H3. The number of hydrogen-bond donors (Lipinski definition) is 1. The number of aryl methyl sites for hydroxylation is 2. The second-order valence-electron chi connectivity index (χ2n) is 3.80. The van der Waals surface area contributed by atoms with Gasteiger partial charge in [-0.05, 0) is 38.1 Å². The molecule has 3 heteroatoms. The van der Waals surface area contributed by atoms with E-state index in [1.165, 1.54) is 5.56 Å². The average Bonchev–Trinajstić information content (AvgIpc) is 2.54. The normalized spacial score (nSPS) is 10.4. The van der Waals surface area contributed by atoms with E-state index in [9.17, 15) is 0 Å². The lowest BCUT2D eigenvalue weighted by molar-refractivity contribution is 0.501. The van der Waals surface area contributed by atoms with Crippen LogP contribution in [0.2, 0.25) is 0 Å². The fraction of sp³-hybridized carbons (Fsp3) is 0.231. The molecular formula is C13H14BrNO. The Hall–Kier alpha value is -1.22. The first kappa shape index (κ1) is 11.3. The Balaban J connectivity index is 2.05. The number of furan rings is 1. The molecule has 2 aromatic rings. The molecule has 2 rings (SSSR count). The molecule has 0 amide bonds. The molecule has 0 atom stereocenters. The maximum absolute atomic E-state index is 5.48. The number of benzene rings is 1. The van der Waals surface area contributed by atoms with Gasteiger partial charge in [0.2, 0.25) is 0 Å². The molecule has 1 aromatic heterocycles. The zero-order valence-corrected chi connectivity index (χ0v) is 11.0. The predicted molar refractivity (Wildman–Crippen MR) is 69.7 cm³/mol. The van der Waals surface area contributed by atoms with Crippen LogP contribution in [0, 0.1) is 13.8 Å². The van der Waals surface area contributed by atoms with Crippen LogP contribution >= 0.6 is 15.9 Å². The molecule has 84 valence electrons. The van der Waals surface area contributed by atoms with E-state index in [-0.39, 0.29) is 0 Å². The van der Waals surface area contributed by atoms with Crippen molar-refractivity contribution in [3.05, 3.63) is 51.9 Å². The summed E-state index contributed by atoms with van der Waals surface area (Å²) in [5.74, 6) is 1.95. The molecule has 0 aliphatic carbocycles. The summed E-state index contributed by atoms with van der Waals surface area (Å²) in [7, 11) is 0. The molecule has 16 heavy (non-hydrogen) atoms. The first-order valence-electron chi connectivity index (χ1n) is 5.20. The second kappa shape index (κ2) is 4.74. The minimum atomic E-state index is 0.791. The van der Waals surface area contributed by atoms with Gasteiger partial charge in [0.1, 0.15) is 11.5 Å². The van der Waals surface area contributed by atoms with E-state index in [1.807, 2.05) is 32.0 Å². The van der Waals surface area contributed by atoms with Gasteiger partial charge in [-0.2, -0.15) is 0 Å². The van der Waals surface area contributed by atoms with Crippen LogP contribution in [0.5, 0.6) is 0 Å². The van der Waals surface area contributed by atoms with Gasteiger partial charge in [0.15, 0.2) is 0 Å². The van der Waals surface area contributed by atoms with Crippen LogP contribution in [0.1, 0.15) is 17.1 Å². The largest absolute Gasteiger partial charge is 0.466 e. The van der Waals surface area contributed by atoms with E-state index in [4.69, 9.17) is 4.42 Å². The molecule has 0 fully saturated rings. The van der Waals surface area contributed by atoms with E-state index >= 15 is 0 Å². The maximum atomic E-state index is 5.48. The molecule has 0 aliphatic heterocycles. The fourth-order valence-corrected chi connectivity index (χ4v) is 2.05. The van der Waals surface area contributed by atoms with Crippen molar-refractivity contribution in [2.24, 2.45) is 0 Å². The van der Waals surface area contributed by atoms with E-state index < -0.39 is 0 Å². The van der Waals surface area contributed by atoms with Crippen molar-refractivity contribution in [3.8, 4) is 0 Å². The summed E-state index contributed by atoms with van der Waals surface area (Å²) in [6.45, 7) is 4.75. The number of anilines is 1. The topological polar surface area (TPSA) is 25.2 Å². The van der Waals surface area contributed by atoms with Crippen molar-refractivity contribution < 1.29 is 4.42 Å². The highest BCUT2D eigenvalue weighted by molar-refractivity contribution is 9.10. The summed E-state index contributed by atoms with van der Waals surface area (Å²) in [5, 5.41) is 3.37. The van der Waals surface area contributed by atoms with Crippen LogP contribution in [-0.2, 0) is 6.54 Å². The Kier molecular flexibility index (Phi) is 3.34. The lowest BCUT2D eigenvalue weighted by Gasteiger charge is -2.05. The van der Waals surface area contributed by atoms with Gasteiger partial charge in [0, 0.05) is 22.3 Å². The van der Waals surface area contributed by atoms with Gasteiger partial charge in [-0.1, -0.05) is 22.0 Å². The van der Waals surface area contributed by atoms with Crippen molar-refractivity contribution in [3.63, 3.8) is 0 Å². The molecule has 0 aliphatic rings. The Morgan fingerprint density at radius 2 is 2.06 bits per heavy atom. The van der Waals surface area contributed by atoms with Crippen LogP contribution in [-0.4, -0.2) is 0 Å². The predicted octanol–water partition coefficient (Wildman–Crippen LogP) is 4.27. The number of nitrogens with one attached hydrogen (secondary N) is 1. The Labute approximate surface area is 104 Å². The Morgan fingerprint density at radius 1 is 1.25 bits per heavy atom. The number of rotatable bonds is 3. The first-order chi connectivity index (χ1) is 7.65. The van der Waals surface area contributed by atoms with Crippen LogP contribution < -0.4 is 5.32 Å². The van der Waals surface area contributed by atoms with Crippen molar-refractivity contribution in [2.75, 3.05) is 5.32 Å². The van der Waals surface area contributed by atoms with Gasteiger partial charge in [-0.15, -0.1) is 0 Å². The highest BCUT2D eigenvalue weighted by Crippen LogP contribution is 2.18. The number of halogens is 1. The van der Waals surface area contributed by atoms with E-state index in [1.54, 1.807) is 0 Å². The summed E-state index contributed by atoms with van der Waals surface area (Å²) in [5.41, 5.74) is 2.31. The highest BCUT2D eigenvalue weighted by atomic mass is 79.9. The van der Waals surface area contributed by atoms with Crippen LogP contribution in [0.25, 0.3) is 0 Å². The minimum Gasteiger partial charge on any atom is -0.466 e. The second-order valence-corrected chi connectivity index (χ2v) is 4.72. The van der Waals surface area contributed by atoms with E-state index in [0.29, 0.717) is 0 Å². The SMILES string of the molecule is Cc1cc(CNc2cccc(Br)c2)c(C)o1. The third-order valence-corrected chi connectivity index (χ3v) is 2.94. The van der Waals surface area contributed by atoms with Crippen molar-refractivity contribution in [1.82, 2.24) is 0 Å². The molecule has 1 N–H and O–H groups in total. The summed E-state index contributed by atoms with van der Waals surface area (Å²) in [6.07, 6.45) is 0. The average molecular weight is 280 g/mol. The van der Waals surface area contributed by atoms with Gasteiger partial charge >= 0.3 is 0 Å². The lowest BCUT2D eigenvalue weighted by atomic mass is 10.2. The molecule has 0 radical (unpaired) electrons. The third-order valence-electron chi connectivity index (χ3n) is 2.45. The van der Waals surface area contributed by atoms with Gasteiger partial charge < -0.3 is 9.73 Å². The smallest absolute Gasteiger partial charge is 0.106 e. The van der Waals surface area contributed by atoms with Gasteiger partial charge in [-0.25, -0.2) is 0 Å². The third kappa shape index (κ3) is 2.67. The zero-order valence-electron chi connectivity index (χ0n) is 9.38. The Morgan fingerprint density at radius 3 is 2.69 bits per heavy atom. The first-order valence-corrected chi connectivity index (χ1v) is 6.00. The molecule has 0 spiro atoms. The molecule has 2 nitrogen and oxygen atoms in total. The Bertz CT molecular complexity index is 490. The molecule has 0 saturated heterocycles. The van der Waals surface area contributed by atoms with Crippen molar-refractivity contribution >= 4 is 21.6 Å². The summed E-state index contributed by atoms with van der Waals surface area (Å²) in [4.78, 5) is 0. The fourth-order valence-electron chi connectivity index (χ4n) is 1.65. The maximum Gasteiger partial charge on any atom is 0.106 e. The van der Waals surface area contributed by atoms with Crippen molar-refractivity contribution in [1.29, 1.82) is 0 Å². The molecule has 1 aromatic carbocycles. The summed E-state index contributed by atoms with van der Waals surface area (Å²) >= 11 is 3.45. The van der Waals surface area contributed by atoms with Gasteiger partial charge in [-0.3, -0.25) is 0 Å². The molecule has 0 unspecified atom stereocenters.